The summed E-state index contributed by atoms with van der Waals surface area (Å²) in [5.74, 6) is -2.22. The number of halogens is 4. The van der Waals surface area contributed by atoms with Crippen molar-refractivity contribution in [3.05, 3.63) is 70.5 Å². The average molecular weight is 271 g/mol. The van der Waals surface area contributed by atoms with Crippen LogP contribution in [-0.2, 0) is 0 Å². The largest absolute Gasteiger partial charge is 0.207 e. The maximum atomic E-state index is 13.1. The molecule has 0 aliphatic carbocycles. The Morgan fingerprint density at radius 1 is 0.944 bits per heavy atom. The van der Waals surface area contributed by atoms with E-state index in [0.29, 0.717) is 16.7 Å². The maximum absolute atomic E-state index is 13.1. The smallest absolute Gasteiger partial charge is 0.159 e. The number of aryl methyl sites for hydroxylation is 1. The third kappa shape index (κ3) is 2.51. The summed E-state index contributed by atoms with van der Waals surface area (Å²) in [4.78, 5) is 0. The monoisotopic (exact) mass is 270 g/mol. The van der Waals surface area contributed by atoms with E-state index in [-0.39, 0.29) is 5.82 Å². The fourth-order valence-corrected chi connectivity index (χ4v) is 2.15. The van der Waals surface area contributed by atoms with Crippen LogP contribution in [0.1, 0.15) is 22.1 Å². The molecule has 0 aliphatic heterocycles. The van der Waals surface area contributed by atoms with Crippen LogP contribution >= 0.6 is 11.6 Å². The van der Waals surface area contributed by atoms with Gasteiger partial charge in [-0.25, -0.2) is 13.2 Å². The van der Waals surface area contributed by atoms with Gasteiger partial charge in [0.2, 0.25) is 0 Å². The Labute approximate surface area is 108 Å². The van der Waals surface area contributed by atoms with E-state index < -0.39 is 17.0 Å². The first-order valence-electron chi connectivity index (χ1n) is 5.34. The average Bonchev–Trinajstić information content (AvgIpc) is 2.32. The highest BCUT2D eigenvalue weighted by molar-refractivity contribution is 6.22. The van der Waals surface area contributed by atoms with Crippen molar-refractivity contribution in [2.24, 2.45) is 0 Å². The van der Waals surface area contributed by atoms with E-state index in [2.05, 4.69) is 0 Å². The van der Waals surface area contributed by atoms with Crippen molar-refractivity contribution in [1.29, 1.82) is 0 Å². The van der Waals surface area contributed by atoms with Crippen molar-refractivity contribution < 1.29 is 13.2 Å². The Kier molecular flexibility index (Phi) is 3.62. The van der Waals surface area contributed by atoms with Gasteiger partial charge in [0, 0.05) is 0 Å². The molecular weight excluding hydrogens is 261 g/mol. The first-order chi connectivity index (χ1) is 8.49. The summed E-state index contributed by atoms with van der Waals surface area (Å²) < 4.78 is 38.9. The van der Waals surface area contributed by atoms with Gasteiger partial charge in [-0.2, -0.15) is 0 Å². The van der Waals surface area contributed by atoms with Crippen molar-refractivity contribution in [2.75, 3.05) is 0 Å². The van der Waals surface area contributed by atoms with Crippen LogP contribution in [0, 0.1) is 24.4 Å². The summed E-state index contributed by atoms with van der Waals surface area (Å²) in [6.45, 7) is 1.72. The van der Waals surface area contributed by atoms with Crippen molar-refractivity contribution in [2.45, 2.75) is 12.3 Å². The minimum Gasteiger partial charge on any atom is -0.207 e. The molecule has 0 radical (unpaired) electrons. The molecule has 18 heavy (non-hydrogen) atoms. The Hall–Kier alpha value is -1.48. The number of alkyl halides is 1. The van der Waals surface area contributed by atoms with Crippen LogP contribution in [0.25, 0.3) is 0 Å². The van der Waals surface area contributed by atoms with Gasteiger partial charge in [-0.15, -0.1) is 11.6 Å². The van der Waals surface area contributed by atoms with Crippen LogP contribution < -0.4 is 0 Å². The zero-order valence-corrected chi connectivity index (χ0v) is 10.3. The lowest BCUT2D eigenvalue weighted by molar-refractivity contribution is 0.507. The van der Waals surface area contributed by atoms with E-state index >= 15 is 0 Å². The zero-order valence-electron chi connectivity index (χ0n) is 9.55. The van der Waals surface area contributed by atoms with E-state index in [9.17, 15) is 13.2 Å². The fourth-order valence-electron chi connectivity index (χ4n) is 1.77. The predicted octanol–water partition coefficient (Wildman–Crippen LogP) is 4.74. The molecule has 0 aliphatic rings. The Balaban J connectivity index is 2.41. The lowest BCUT2D eigenvalue weighted by Crippen LogP contribution is -1.98. The van der Waals surface area contributed by atoms with Gasteiger partial charge in [0.1, 0.15) is 5.82 Å². The normalized spacial score (nSPS) is 12.5. The van der Waals surface area contributed by atoms with Crippen LogP contribution in [0.15, 0.2) is 36.4 Å². The van der Waals surface area contributed by atoms with Gasteiger partial charge in [0.05, 0.1) is 5.38 Å². The molecule has 0 saturated carbocycles. The van der Waals surface area contributed by atoms with Crippen molar-refractivity contribution in [1.82, 2.24) is 0 Å². The quantitative estimate of drug-likeness (QED) is 0.692. The summed E-state index contributed by atoms with van der Waals surface area (Å²) in [7, 11) is 0. The number of benzene rings is 2. The minimum absolute atomic E-state index is 0.356. The van der Waals surface area contributed by atoms with Crippen LogP contribution in [-0.4, -0.2) is 0 Å². The number of rotatable bonds is 2. The van der Waals surface area contributed by atoms with E-state index in [1.54, 1.807) is 13.0 Å². The second-order valence-corrected chi connectivity index (χ2v) is 4.47. The number of hydrogen-bond donors (Lipinski definition) is 0. The summed E-state index contributed by atoms with van der Waals surface area (Å²) in [5, 5.41) is -0.638. The lowest BCUT2D eigenvalue weighted by atomic mass is 10.00. The molecule has 2 rings (SSSR count). The van der Waals surface area contributed by atoms with Crippen LogP contribution in [0.2, 0.25) is 0 Å². The second kappa shape index (κ2) is 5.02. The molecule has 1 atom stereocenters. The van der Waals surface area contributed by atoms with Gasteiger partial charge >= 0.3 is 0 Å². The number of hydrogen-bond acceptors (Lipinski definition) is 0. The standard InChI is InChI=1S/C14H10ClF3/c1-8-6-10(16)3-4-11(8)14(15)9-2-5-12(17)13(18)7-9/h2-7,14H,1H3. The molecule has 0 amide bonds. The van der Waals surface area contributed by atoms with Gasteiger partial charge < -0.3 is 0 Å². The molecule has 2 aromatic carbocycles. The fraction of sp³-hybridized carbons (Fsp3) is 0.143. The topological polar surface area (TPSA) is 0 Å². The lowest BCUT2D eigenvalue weighted by Gasteiger charge is -2.13. The van der Waals surface area contributed by atoms with Gasteiger partial charge in [-0.05, 0) is 47.9 Å². The summed E-state index contributed by atoms with van der Waals surface area (Å²) in [6.07, 6.45) is 0. The molecule has 0 bridgehead atoms. The molecule has 4 heteroatoms. The first-order valence-corrected chi connectivity index (χ1v) is 5.78. The molecule has 0 N–H and O–H groups in total. The highest BCUT2D eigenvalue weighted by Gasteiger charge is 2.15. The molecule has 94 valence electrons. The van der Waals surface area contributed by atoms with Crippen LogP contribution in [0.5, 0.6) is 0 Å². The summed E-state index contributed by atoms with van der Waals surface area (Å²) in [5.41, 5.74) is 1.77. The van der Waals surface area contributed by atoms with E-state index in [4.69, 9.17) is 11.6 Å². The molecule has 0 aromatic heterocycles. The van der Waals surface area contributed by atoms with E-state index in [0.717, 1.165) is 12.1 Å². The molecule has 1 unspecified atom stereocenters. The molecule has 0 spiro atoms. The molecule has 0 nitrogen and oxygen atoms in total. The Bertz CT molecular complexity index is 581. The van der Waals surface area contributed by atoms with Gasteiger partial charge in [-0.3, -0.25) is 0 Å². The zero-order chi connectivity index (χ0) is 13.3. The molecule has 0 heterocycles. The van der Waals surface area contributed by atoms with E-state index in [1.165, 1.54) is 18.2 Å². The van der Waals surface area contributed by atoms with Gasteiger partial charge in [-0.1, -0.05) is 12.1 Å². The summed E-state index contributed by atoms with van der Waals surface area (Å²) in [6, 6.07) is 7.68. The Morgan fingerprint density at radius 2 is 1.67 bits per heavy atom. The minimum atomic E-state index is -0.946. The predicted molar refractivity (Wildman–Crippen MR) is 65.2 cm³/mol. The van der Waals surface area contributed by atoms with Gasteiger partial charge in [0.15, 0.2) is 11.6 Å². The van der Waals surface area contributed by atoms with E-state index in [1.807, 2.05) is 0 Å². The third-order valence-electron chi connectivity index (χ3n) is 2.74. The van der Waals surface area contributed by atoms with Crippen molar-refractivity contribution >= 4 is 11.6 Å². The van der Waals surface area contributed by atoms with Crippen LogP contribution in [0.4, 0.5) is 13.2 Å². The second-order valence-electron chi connectivity index (χ2n) is 4.04. The van der Waals surface area contributed by atoms with Gasteiger partial charge in [0.25, 0.3) is 0 Å². The van der Waals surface area contributed by atoms with Crippen LogP contribution in [0.3, 0.4) is 0 Å². The highest BCUT2D eigenvalue weighted by Crippen LogP contribution is 2.31. The van der Waals surface area contributed by atoms with Crippen molar-refractivity contribution in [3.8, 4) is 0 Å². The first kappa shape index (κ1) is 13.0. The third-order valence-corrected chi connectivity index (χ3v) is 3.23. The summed E-state index contributed by atoms with van der Waals surface area (Å²) >= 11 is 6.20. The highest BCUT2D eigenvalue weighted by atomic mass is 35.5. The maximum Gasteiger partial charge on any atom is 0.159 e. The molecule has 0 fully saturated rings. The molecule has 0 saturated heterocycles. The molecule has 2 aromatic rings. The SMILES string of the molecule is Cc1cc(F)ccc1C(Cl)c1ccc(F)c(F)c1. The van der Waals surface area contributed by atoms with Crippen molar-refractivity contribution in [3.63, 3.8) is 0 Å². The Morgan fingerprint density at radius 3 is 2.28 bits per heavy atom. The molecular formula is C14H10ClF3.